The Labute approximate surface area is 134 Å². The van der Waals surface area contributed by atoms with Crippen molar-refractivity contribution in [3.63, 3.8) is 0 Å². The van der Waals surface area contributed by atoms with Crippen LogP contribution in [0.25, 0.3) is 0 Å². The second kappa shape index (κ2) is 7.31. The third-order valence-corrected chi connectivity index (χ3v) is 3.42. The maximum absolute atomic E-state index is 11.8. The quantitative estimate of drug-likeness (QED) is 0.523. The molecular formula is C17H17N3O3. The van der Waals surface area contributed by atoms with Crippen LogP contribution < -0.4 is 5.43 Å². The highest BCUT2D eigenvalue weighted by atomic mass is 16.6. The molecule has 1 amide bonds. The van der Waals surface area contributed by atoms with E-state index in [1.165, 1.54) is 23.9 Å². The van der Waals surface area contributed by atoms with Crippen LogP contribution in [0.4, 0.5) is 5.69 Å². The first-order valence-corrected chi connectivity index (χ1v) is 7.08. The van der Waals surface area contributed by atoms with Gasteiger partial charge in [0, 0.05) is 17.7 Å². The molecule has 0 saturated carbocycles. The van der Waals surface area contributed by atoms with Crippen molar-refractivity contribution in [3.8, 4) is 0 Å². The molecular weight excluding hydrogens is 294 g/mol. The normalized spacial score (nSPS) is 10.7. The fourth-order valence-electron chi connectivity index (χ4n) is 2.04. The Bertz CT molecular complexity index is 769. The number of nitro groups is 1. The number of nitro benzene ring substituents is 1. The molecule has 23 heavy (non-hydrogen) atoms. The van der Waals surface area contributed by atoms with Crippen molar-refractivity contribution in [3.05, 3.63) is 74.8 Å². The lowest BCUT2D eigenvalue weighted by Gasteiger charge is -2.04. The molecule has 0 saturated heterocycles. The largest absolute Gasteiger partial charge is 0.273 e. The number of hydrazone groups is 1. The number of nitrogens with one attached hydrogen (secondary N) is 1. The lowest BCUT2D eigenvalue weighted by Crippen LogP contribution is -2.19. The van der Waals surface area contributed by atoms with Gasteiger partial charge in [0.05, 0.1) is 17.6 Å². The van der Waals surface area contributed by atoms with Crippen molar-refractivity contribution >= 4 is 17.8 Å². The molecule has 6 nitrogen and oxygen atoms in total. The van der Waals surface area contributed by atoms with Gasteiger partial charge in [-0.25, -0.2) is 5.43 Å². The van der Waals surface area contributed by atoms with Crippen molar-refractivity contribution in [2.75, 3.05) is 0 Å². The number of aryl methyl sites for hydroxylation is 2. The number of carbonyl (C=O) groups is 1. The van der Waals surface area contributed by atoms with Gasteiger partial charge in [0.15, 0.2) is 0 Å². The Kier molecular flexibility index (Phi) is 5.19. The SMILES string of the molecule is Cc1ccc(CC(=O)N/N=C\c2cccc([N+](=O)[O-])c2)cc1C. The van der Waals surface area contributed by atoms with Crippen LogP contribution in [0.1, 0.15) is 22.3 Å². The second-order valence-corrected chi connectivity index (χ2v) is 5.24. The molecule has 2 rings (SSSR count). The third kappa shape index (κ3) is 4.74. The molecule has 0 bridgehead atoms. The van der Waals surface area contributed by atoms with Gasteiger partial charge in [0.25, 0.3) is 5.69 Å². The van der Waals surface area contributed by atoms with Crippen molar-refractivity contribution < 1.29 is 9.72 Å². The fraction of sp³-hybridized carbons (Fsp3) is 0.176. The van der Waals surface area contributed by atoms with Crippen LogP contribution in [-0.4, -0.2) is 17.0 Å². The van der Waals surface area contributed by atoms with Gasteiger partial charge in [0.2, 0.25) is 5.91 Å². The Morgan fingerprint density at radius 2 is 2.00 bits per heavy atom. The monoisotopic (exact) mass is 311 g/mol. The molecule has 0 heterocycles. The summed E-state index contributed by atoms with van der Waals surface area (Å²) in [5.74, 6) is -0.241. The maximum atomic E-state index is 11.8. The van der Waals surface area contributed by atoms with Gasteiger partial charge in [-0.1, -0.05) is 30.3 Å². The molecule has 1 N–H and O–H groups in total. The number of amides is 1. The molecule has 0 aliphatic carbocycles. The van der Waals surface area contributed by atoms with E-state index in [1.807, 2.05) is 32.0 Å². The number of rotatable bonds is 5. The third-order valence-electron chi connectivity index (χ3n) is 3.42. The van der Waals surface area contributed by atoms with E-state index in [2.05, 4.69) is 10.5 Å². The molecule has 0 unspecified atom stereocenters. The van der Waals surface area contributed by atoms with Gasteiger partial charge < -0.3 is 0 Å². The first kappa shape index (κ1) is 16.4. The summed E-state index contributed by atoms with van der Waals surface area (Å²) >= 11 is 0. The lowest BCUT2D eigenvalue weighted by atomic mass is 10.0. The van der Waals surface area contributed by atoms with Crippen molar-refractivity contribution in [2.45, 2.75) is 20.3 Å². The van der Waals surface area contributed by atoms with Crippen LogP contribution in [0.15, 0.2) is 47.6 Å². The lowest BCUT2D eigenvalue weighted by molar-refractivity contribution is -0.384. The summed E-state index contributed by atoms with van der Waals surface area (Å²) in [7, 11) is 0. The van der Waals surface area contributed by atoms with Crippen LogP contribution >= 0.6 is 0 Å². The van der Waals surface area contributed by atoms with E-state index in [0.717, 1.165) is 11.1 Å². The number of hydrogen-bond acceptors (Lipinski definition) is 4. The Hall–Kier alpha value is -3.02. The molecule has 0 atom stereocenters. The van der Waals surface area contributed by atoms with Gasteiger partial charge >= 0.3 is 0 Å². The zero-order valence-corrected chi connectivity index (χ0v) is 12.9. The van der Waals surface area contributed by atoms with E-state index in [-0.39, 0.29) is 18.0 Å². The summed E-state index contributed by atoms with van der Waals surface area (Å²) in [5.41, 5.74) is 6.18. The van der Waals surface area contributed by atoms with Crippen molar-refractivity contribution in [2.24, 2.45) is 5.10 Å². The van der Waals surface area contributed by atoms with Crippen molar-refractivity contribution in [1.29, 1.82) is 0 Å². The van der Waals surface area contributed by atoms with E-state index in [0.29, 0.717) is 5.56 Å². The number of carbonyl (C=O) groups excluding carboxylic acids is 1. The standard InChI is InChI=1S/C17H17N3O3/c1-12-6-7-14(8-13(12)2)10-17(21)19-18-11-15-4-3-5-16(9-15)20(22)23/h3-9,11H,10H2,1-2H3,(H,19,21)/b18-11-. The molecule has 2 aromatic rings. The minimum absolute atomic E-state index is 0.0181. The minimum atomic E-state index is -0.477. The Morgan fingerprint density at radius 3 is 2.70 bits per heavy atom. The van der Waals surface area contributed by atoms with Crippen LogP contribution in [0.5, 0.6) is 0 Å². The molecule has 0 aliphatic rings. The second-order valence-electron chi connectivity index (χ2n) is 5.24. The predicted molar refractivity (Wildman–Crippen MR) is 88.5 cm³/mol. The number of benzene rings is 2. The molecule has 0 spiro atoms. The number of hydrogen-bond donors (Lipinski definition) is 1. The molecule has 0 radical (unpaired) electrons. The summed E-state index contributed by atoms with van der Waals surface area (Å²) in [6.07, 6.45) is 1.61. The number of nitrogens with zero attached hydrogens (tertiary/aromatic N) is 2. The maximum Gasteiger partial charge on any atom is 0.270 e. The molecule has 0 aliphatic heterocycles. The fourth-order valence-corrected chi connectivity index (χ4v) is 2.04. The summed E-state index contributed by atoms with van der Waals surface area (Å²) in [6, 6.07) is 11.9. The molecule has 6 heteroatoms. The van der Waals surface area contributed by atoms with Gasteiger partial charge in [-0.05, 0) is 30.5 Å². The molecule has 0 aromatic heterocycles. The summed E-state index contributed by atoms with van der Waals surface area (Å²) < 4.78 is 0. The predicted octanol–water partition coefficient (Wildman–Crippen LogP) is 2.90. The van der Waals surface area contributed by atoms with Crippen LogP contribution in [0, 0.1) is 24.0 Å². The van der Waals surface area contributed by atoms with Crippen molar-refractivity contribution in [1.82, 2.24) is 5.43 Å². The van der Waals surface area contributed by atoms with Crippen LogP contribution in [-0.2, 0) is 11.2 Å². The van der Waals surface area contributed by atoms with E-state index < -0.39 is 4.92 Å². The topological polar surface area (TPSA) is 84.6 Å². The molecule has 118 valence electrons. The highest BCUT2D eigenvalue weighted by Crippen LogP contribution is 2.12. The van der Waals surface area contributed by atoms with Gasteiger partial charge in [-0.15, -0.1) is 0 Å². The molecule has 2 aromatic carbocycles. The smallest absolute Gasteiger partial charge is 0.270 e. The van der Waals surface area contributed by atoms with E-state index in [4.69, 9.17) is 0 Å². The van der Waals surface area contributed by atoms with E-state index >= 15 is 0 Å². The Balaban J connectivity index is 1.94. The van der Waals surface area contributed by atoms with Gasteiger partial charge in [-0.3, -0.25) is 14.9 Å². The number of non-ortho nitro benzene ring substituents is 1. The summed E-state index contributed by atoms with van der Waals surface area (Å²) in [5, 5.41) is 14.5. The highest BCUT2D eigenvalue weighted by molar-refractivity contribution is 5.83. The molecule has 0 fully saturated rings. The van der Waals surface area contributed by atoms with E-state index in [9.17, 15) is 14.9 Å². The zero-order valence-electron chi connectivity index (χ0n) is 12.9. The highest BCUT2D eigenvalue weighted by Gasteiger charge is 2.05. The van der Waals surface area contributed by atoms with Gasteiger partial charge in [0.1, 0.15) is 0 Å². The first-order chi connectivity index (χ1) is 11.0. The zero-order chi connectivity index (χ0) is 16.8. The Morgan fingerprint density at radius 1 is 1.22 bits per heavy atom. The average Bonchev–Trinajstić information content (AvgIpc) is 2.51. The van der Waals surface area contributed by atoms with Crippen LogP contribution in [0.2, 0.25) is 0 Å². The van der Waals surface area contributed by atoms with E-state index in [1.54, 1.807) is 12.1 Å². The summed E-state index contributed by atoms with van der Waals surface area (Å²) in [4.78, 5) is 22.0. The first-order valence-electron chi connectivity index (χ1n) is 7.08. The van der Waals surface area contributed by atoms with Crippen LogP contribution in [0.3, 0.4) is 0 Å². The minimum Gasteiger partial charge on any atom is -0.273 e. The summed E-state index contributed by atoms with van der Waals surface area (Å²) in [6.45, 7) is 4.01. The average molecular weight is 311 g/mol. The van der Waals surface area contributed by atoms with Gasteiger partial charge in [-0.2, -0.15) is 5.10 Å².